The number of hydrogen-bond donors (Lipinski definition) is 2. The van der Waals surface area contributed by atoms with Crippen LogP contribution in [0, 0.1) is 13.8 Å². The van der Waals surface area contributed by atoms with Crippen molar-refractivity contribution < 1.29 is 22.8 Å². The molecule has 3 rings (SSSR count). The first-order chi connectivity index (χ1) is 16.0. The fraction of sp³-hybridized carbons (Fsp3) is 0.292. The van der Waals surface area contributed by atoms with E-state index in [2.05, 4.69) is 15.7 Å². The largest absolute Gasteiger partial charge is 0.416 e. The van der Waals surface area contributed by atoms with E-state index < -0.39 is 17.8 Å². The number of anilines is 1. The third-order valence-corrected chi connectivity index (χ3v) is 6.01. The molecule has 0 aliphatic rings. The quantitative estimate of drug-likeness (QED) is 0.463. The lowest BCUT2D eigenvalue weighted by molar-refractivity contribution is -0.137. The lowest BCUT2D eigenvalue weighted by atomic mass is 10.1. The van der Waals surface area contributed by atoms with Crippen molar-refractivity contribution in [3.63, 3.8) is 0 Å². The van der Waals surface area contributed by atoms with E-state index in [0.717, 1.165) is 17.7 Å². The van der Waals surface area contributed by atoms with Gasteiger partial charge in [0.15, 0.2) is 0 Å². The van der Waals surface area contributed by atoms with Gasteiger partial charge in [0.05, 0.1) is 35.0 Å². The number of rotatable bonds is 8. The monoisotopic (exact) mass is 490 g/mol. The van der Waals surface area contributed by atoms with E-state index in [1.807, 2.05) is 25.1 Å². The zero-order valence-corrected chi connectivity index (χ0v) is 19.8. The predicted molar refractivity (Wildman–Crippen MR) is 127 cm³/mol. The summed E-state index contributed by atoms with van der Waals surface area (Å²) in [6.07, 6.45) is -2.92. The number of halogens is 3. The van der Waals surface area contributed by atoms with E-state index in [9.17, 15) is 22.8 Å². The second kappa shape index (κ2) is 10.8. The van der Waals surface area contributed by atoms with Crippen LogP contribution in [0.2, 0.25) is 0 Å². The molecule has 1 atom stereocenters. The molecule has 0 radical (unpaired) electrons. The van der Waals surface area contributed by atoms with Gasteiger partial charge in [0.1, 0.15) is 0 Å². The molecule has 3 aromatic rings. The minimum atomic E-state index is -4.45. The van der Waals surface area contributed by atoms with Gasteiger partial charge in [-0.1, -0.05) is 18.2 Å². The Morgan fingerprint density at radius 2 is 1.76 bits per heavy atom. The maximum Gasteiger partial charge on any atom is 0.416 e. The fourth-order valence-electron chi connectivity index (χ4n) is 3.44. The molecule has 0 bridgehead atoms. The number of carbonyl (C=O) groups excluding carboxylic acids is 2. The van der Waals surface area contributed by atoms with Crippen molar-refractivity contribution in [3.05, 3.63) is 77.1 Å². The number of alkyl halides is 3. The highest BCUT2D eigenvalue weighted by Crippen LogP contribution is 2.31. The number of benzene rings is 2. The third kappa shape index (κ3) is 6.63. The van der Waals surface area contributed by atoms with Crippen molar-refractivity contribution in [1.29, 1.82) is 0 Å². The first-order valence-corrected chi connectivity index (χ1v) is 11.7. The maximum atomic E-state index is 13.0. The minimum Gasteiger partial charge on any atom is -0.349 e. The Bertz CT molecular complexity index is 1180. The molecule has 0 saturated carbocycles. The van der Waals surface area contributed by atoms with Gasteiger partial charge in [-0.05, 0) is 56.7 Å². The van der Waals surface area contributed by atoms with E-state index in [4.69, 9.17) is 0 Å². The summed E-state index contributed by atoms with van der Waals surface area (Å²) in [7, 11) is 0. The topological polar surface area (TPSA) is 76.0 Å². The number of nitrogens with one attached hydrogen (secondary N) is 2. The molecule has 10 heteroatoms. The average molecular weight is 491 g/mol. The Morgan fingerprint density at radius 3 is 2.47 bits per heavy atom. The van der Waals surface area contributed by atoms with Crippen molar-refractivity contribution in [2.45, 2.75) is 33.0 Å². The normalized spacial score (nSPS) is 12.3. The van der Waals surface area contributed by atoms with Crippen molar-refractivity contribution in [3.8, 4) is 5.69 Å². The molecule has 0 saturated heterocycles. The van der Waals surface area contributed by atoms with Gasteiger partial charge < -0.3 is 10.6 Å². The Kier molecular flexibility index (Phi) is 8.03. The second-order valence-electron chi connectivity index (χ2n) is 7.84. The lowest BCUT2D eigenvalue weighted by Gasteiger charge is -2.14. The first-order valence-electron chi connectivity index (χ1n) is 10.5. The summed E-state index contributed by atoms with van der Waals surface area (Å²) in [6.45, 7) is 5.43. The van der Waals surface area contributed by atoms with Gasteiger partial charge in [-0.15, -0.1) is 11.8 Å². The summed E-state index contributed by atoms with van der Waals surface area (Å²) in [5, 5.41) is 9.84. The molecule has 180 valence electrons. The van der Waals surface area contributed by atoms with Crippen LogP contribution in [0.3, 0.4) is 0 Å². The number of hydrogen-bond acceptors (Lipinski definition) is 4. The van der Waals surface area contributed by atoms with Crippen LogP contribution in [0.15, 0.2) is 54.7 Å². The van der Waals surface area contributed by atoms with Crippen LogP contribution >= 0.6 is 11.8 Å². The number of aromatic nitrogens is 2. The van der Waals surface area contributed by atoms with Gasteiger partial charge in [0, 0.05) is 16.9 Å². The van der Waals surface area contributed by atoms with Gasteiger partial charge in [0.25, 0.3) is 0 Å². The molecule has 2 N–H and O–H groups in total. The average Bonchev–Trinajstić information content (AvgIpc) is 3.14. The fourth-order valence-corrected chi connectivity index (χ4v) is 4.07. The van der Waals surface area contributed by atoms with Crippen LogP contribution in [-0.4, -0.2) is 33.1 Å². The van der Waals surface area contributed by atoms with Crippen LogP contribution in [-0.2, 0) is 15.8 Å². The first kappa shape index (κ1) is 25.4. The van der Waals surface area contributed by atoms with E-state index in [0.29, 0.717) is 16.9 Å². The van der Waals surface area contributed by atoms with Crippen LogP contribution in [0.4, 0.5) is 18.9 Å². The summed E-state index contributed by atoms with van der Waals surface area (Å²) >= 11 is 1.19. The predicted octanol–water partition coefficient (Wildman–Crippen LogP) is 5.06. The smallest absolute Gasteiger partial charge is 0.349 e. The number of thioether (sulfide) groups is 1. The zero-order chi connectivity index (χ0) is 24.9. The minimum absolute atomic E-state index is 0.0897. The van der Waals surface area contributed by atoms with Crippen molar-refractivity contribution in [2.24, 2.45) is 0 Å². The van der Waals surface area contributed by atoms with Gasteiger partial charge >= 0.3 is 6.18 Å². The van der Waals surface area contributed by atoms with Gasteiger partial charge in [-0.3, -0.25) is 9.59 Å². The van der Waals surface area contributed by atoms with E-state index in [1.165, 1.54) is 28.7 Å². The highest BCUT2D eigenvalue weighted by molar-refractivity contribution is 8.00. The zero-order valence-electron chi connectivity index (χ0n) is 18.9. The molecule has 2 amide bonds. The summed E-state index contributed by atoms with van der Waals surface area (Å²) in [5.41, 5.74) is 2.58. The maximum absolute atomic E-state index is 13.0. The third-order valence-electron chi connectivity index (χ3n) is 5.08. The molecule has 1 heterocycles. The van der Waals surface area contributed by atoms with Crippen molar-refractivity contribution in [1.82, 2.24) is 15.1 Å². The summed E-state index contributed by atoms with van der Waals surface area (Å²) in [4.78, 5) is 24.4. The van der Waals surface area contributed by atoms with Gasteiger partial charge in [0.2, 0.25) is 11.8 Å². The molecule has 2 aromatic carbocycles. The molecule has 1 unspecified atom stereocenters. The van der Waals surface area contributed by atoms with Crippen LogP contribution in [0.1, 0.15) is 35.3 Å². The molecular formula is C24H25F3N4O2S. The molecular weight excluding hydrogens is 465 g/mol. The Balaban J connectivity index is 1.54. The number of nitrogens with zero attached hydrogens (tertiary/aromatic N) is 2. The van der Waals surface area contributed by atoms with E-state index in [1.54, 1.807) is 26.0 Å². The number of amides is 2. The highest BCUT2D eigenvalue weighted by atomic mass is 32.2. The van der Waals surface area contributed by atoms with Crippen LogP contribution in [0.5, 0.6) is 0 Å². The molecule has 0 fully saturated rings. The molecule has 0 aliphatic carbocycles. The number of carbonyl (C=O) groups is 2. The Morgan fingerprint density at radius 1 is 1.06 bits per heavy atom. The number of aryl methyl sites for hydroxylation is 1. The highest BCUT2D eigenvalue weighted by Gasteiger charge is 2.30. The molecule has 34 heavy (non-hydrogen) atoms. The van der Waals surface area contributed by atoms with Gasteiger partial charge in [-0.2, -0.15) is 18.3 Å². The molecule has 1 aromatic heterocycles. The summed E-state index contributed by atoms with van der Waals surface area (Å²) < 4.78 is 40.5. The van der Waals surface area contributed by atoms with Gasteiger partial charge in [-0.25, -0.2) is 4.68 Å². The lowest BCUT2D eigenvalue weighted by Crippen LogP contribution is -2.29. The van der Waals surface area contributed by atoms with Crippen LogP contribution in [0.25, 0.3) is 5.69 Å². The van der Waals surface area contributed by atoms with Crippen molar-refractivity contribution in [2.75, 3.05) is 16.8 Å². The Labute approximate surface area is 199 Å². The summed E-state index contributed by atoms with van der Waals surface area (Å²) in [6, 6.07) is 11.9. The standard InChI is InChI=1S/C24H25F3N4O2S/c1-15-6-4-8-19(10-15)30-23(33)14-34-13-22(32)29-16(2)21-12-28-31(17(21)3)20-9-5-7-18(11-20)24(25,26)27/h4-12,16H,13-14H2,1-3H3,(H,29,32)(H,30,33). The van der Waals surface area contributed by atoms with Crippen LogP contribution < -0.4 is 10.6 Å². The van der Waals surface area contributed by atoms with E-state index >= 15 is 0 Å². The Hall–Kier alpha value is -3.27. The summed E-state index contributed by atoms with van der Waals surface area (Å²) in [5.74, 6) is -0.240. The molecule has 6 nitrogen and oxygen atoms in total. The molecule has 0 aliphatic heterocycles. The molecule has 0 spiro atoms. The second-order valence-corrected chi connectivity index (χ2v) is 8.83. The van der Waals surface area contributed by atoms with E-state index in [-0.39, 0.29) is 29.0 Å². The SMILES string of the molecule is Cc1cccc(NC(=O)CSCC(=O)NC(C)c2cnn(-c3cccc(C(F)(F)F)c3)c2C)c1. The van der Waals surface area contributed by atoms with Crippen molar-refractivity contribution >= 4 is 29.3 Å².